The lowest BCUT2D eigenvalue weighted by atomic mass is 10.2. The number of hydrogen-bond donors (Lipinski definition) is 2. The van der Waals surface area contributed by atoms with Gasteiger partial charge in [0.1, 0.15) is 11.7 Å². The van der Waals surface area contributed by atoms with Gasteiger partial charge in [-0.3, -0.25) is 9.20 Å². The number of nitrogens with zero attached hydrogens (tertiary/aromatic N) is 7. The van der Waals surface area contributed by atoms with Gasteiger partial charge in [-0.1, -0.05) is 0 Å². The van der Waals surface area contributed by atoms with Crippen molar-refractivity contribution < 1.29 is 13.9 Å². The molecule has 2 atom stereocenters. The number of imidazole rings is 1. The molecule has 1 amide bonds. The van der Waals surface area contributed by atoms with Crippen molar-refractivity contribution in [1.29, 1.82) is 0 Å². The molecule has 5 heterocycles. The second-order valence-corrected chi connectivity index (χ2v) is 8.63. The molecule has 4 aromatic rings. The summed E-state index contributed by atoms with van der Waals surface area (Å²) in [7, 11) is 1.61. The fraction of sp³-hybridized carbons (Fsp3) is 0.348. The third kappa shape index (κ3) is 4.64. The molecule has 11 nitrogen and oxygen atoms in total. The molecule has 1 fully saturated rings. The van der Waals surface area contributed by atoms with Crippen LogP contribution in [0.2, 0.25) is 0 Å². The zero-order valence-electron chi connectivity index (χ0n) is 19.6. The summed E-state index contributed by atoms with van der Waals surface area (Å²) in [5, 5.41) is 6.07. The van der Waals surface area contributed by atoms with Crippen LogP contribution in [0.4, 0.5) is 27.8 Å². The van der Waals surface area contributed by atoms with Gasteiger partial charge in [-0.05, 0) is 38.1 Å². The molecule has 182 valence electrons. The van der Waals surface area contributed by atoms with Crippen LogP contribution in [-0.2, 0) is 9.53 Å². The molecule has 4 aromatic heterocycles. The zero-order chi connectivity index (χ0) is 24.5. The van der Waals surface area contributed by atoms with E-state index in [1.165, 1.54) is 18.3 Å². The summed E-state index contributed by atoms with van der Waals surface area (Å²) in [6.07, 6.45) is 7.08. The first-order chi connectivity index (χ1) is 16.9. The van der Waals surface area contributed by atoms with Crippen LogP contribution in [0, 0.1) is 5.95 Å². The number of aromatic nitrogens is 6. The third-order valence-corrected chi connectivity index (χ3v) is 5.96. The van der Waals surface area contributed by atoms with E-state index in [0.29, 0.717) is 42.0 Å². The first kappa shape index (κ1) is 22.7. The van der Waals surface area contributed by atoms with E-state index in [2.05, 4.69) is 39.4 Å². The average molecular weight is 480 g/mol. The van der Waals surface area contributed by atoms with Crippen LogP contribution in [-0.4, -0.2) is 60.6 Å². The second kappa shape index (κ2) is 9.29. The van der Waals surface area contributed by atoms with Crippen molar-refractivity contribution in [1.82, 2.24) is 28.9 Å². The number of carbonyl (C=O) groups is 1. The van der Waals surface area contributed by atoms with E-state index >= 15 is 0 Å². The van der Waals surface area contributed by atoms with Crippen LogP contribution >= 0.6 is 0 Å². The highest BCUT2D eigenvalue weighted by Gasteiger charge is 2.39. The Morgan fingerprint density at radius 2 is 2.09 bits per heavy atom. The summed E-state index contributed by atoms with van der Waals surface area (Å²) in [5.41, 5.74) is 1.08. The maximum atomic E-state index is 13.2. The second-order valence-electron chi connectivity index (χ2n) is 8.63. The van der Waals surface area contributed by atoms with Crippen molar-refractivity contribution in [3.63, 3.8) is 0 Å². The Kier molecular flexibility index (Phi) is 6.03. The molecule has 0 saturated carbocycles. The van der Waals surface area contributed by atoms with Gasteiger partial charge in [-0.25, -0.2) is 9.97 Å². The fourth-order valence-electron chi connectivity index (χ4n) is 4.05. The molecule has 35 heavy (non-hydrogen) atoms. The van der Waals surface area contributed by atoms with Gasteiger partial charge in [-0.2, -0.15) is 14.4 Å². The number of carbonyl (C=O) groups excluding carboxylic acids is 1. The summed E-state index contributed by atoms with van der Waals surface area (Å²) in [5.74, 6) is 0.664. The first-order valence-electron chi connectivity index (χ1n) is 11.3. The number of anilines is 4. The number of hydrogen-bond acceptors (Lipinski definition) is 8. The van der Waals surface area contributed by atoms with Gasteiger partial charge in [0.05, 0.1) is 24.3 Å². The molecule has 1 aliphatic rings. The number of pyridine rings is 1. The number of rotatable bonds is 7. The largest absolute Gasteiger partial charge is 0.380 e. The van der Waals surface area contributed by atoms with Crippen LogP contribution in [0.5, 0.6) is 0 Å². The van der Waals surface area contributed by atoms with Gasteiger partial charge in [0.2, 0.25) is 23.8 Å². The van der Waals surface area contributed by atoms with E-state index in [-0.39, 0.29) is 18.1 Å². The number of nitrogens with one attached hydrogen (secondary N) is 2. The fourth-order valence-corrected chi connectivity index (χ4v) is 4.05. The highest BCUT2D eigenvalue weighted by Crippen LogP contribution is 2.28. The molecule has 2 N–H and O–H groups in total. The monoisotopic (exact) mass is 479 g/mol. The minimum atomic E-state index is -0.614. The normalized spacial score (nSPS) is 17.9. The summed E-state index contributed by atoms with van der Waals surface area (Å²) in [6.45, 7) is 4.59. The van der Waals surface area contributed by atoms with Crippen LogP contribution in [0.1, 0.15) is 26.3 Å². The Morgan fingerprint density at radius 1 is 1.23 bits per heavy atom. The number of methoxy groups -OCH3 is 1. The van der Waals surface area contributed by atoms with E-state index in [9.17, 15) is 9.18 Å². The molecule has 1 aliphatic heterocycles. The molecule has 0 aliphatic carbocycles. The van der Waals surface area contributed by atoms with Crippen molar-refractivity contribution in [3.05, 3.63) is 55.1 Å². The Labute approximate surface area is 201 Å². The summed E-state index contributed by atoms with van der Waals surface area (Å²) in [4.78, 5) is 32.5. The van der Waals surface area contributed by atoms with Crippen molar-refractivity contribution >= 4 is 35.0 Å². The maximum Gasteiger partial charge on any atom is 0.247 e. The highest BCUT2D eigenvalue weighted by atomic mass is 19.1. The van der Waals surface area contributed by atoms with Gasteiger partial charge in [0.25, 0.3) is 0 Å². The van der Waals surface area contributed by atoms with Crippen molar-refractivity contribution in [3.8, 4) is 0 Å². The standard InChI is InChI=1S/C23H26FN9O2/c1-14(2)31-12-19(26-13-31)28-22-30-23(29-20-5-4-8-32(20)22)33-11-16(35-3)9-17(33)21(34)27-15-6-7-18(24)25-10-15/h4-8,10,12-14,16-17H,9,11H2,1-3H3,(H,27,34)(H,28,29,30)/t16-,17-/m0/s1. The van der Waals surface area contributed by atoms with E-state index in [1.54, 1.807) is 13.4 Å². The molecular weight excluding hydrogens is 453 g/mol. The summed E-state index contributed by atoms with van der Waals surface area (Å²) in [6, 6.07) is 6.09. The van der Waals surface area contributed by atoms with E-state index in [4.69, 9.17) is 9.72 Å². The molecule has 12 heteroatoms. The highest BCUT2D eigenvalue weighted by molar-refractivity contribution is 5.97. The maximum absolute atomic E-state index is 13.2. The summed E-state index contributed by atoms with van der Waals surface area (Å²) >= 11 is 0. The lowest BCUT2D eigenvalue weighted by molar-refractivity contribution is -0.117. The quantitative estimate of drug-likeness (QED) is 0.389. The Balaban J connectivity index is 1.45. The predicted octanol–water partition coefficient (Wildman–Crippen LogP) is 3.02. The Hall–Kier alpha value is -4.06. The van der Waals surface area contributed by atoms with Gasteiger partial charge in [0.15, 0.2) is 5.82 Å². The topological polar surface area (TPSA) is 114 Å². The molecule has 0 bridgehead atoms. The number of ether oxygens (including phenoxy) is 1. The molecule has 0 radical (unpaired) electrons. The van der Waals surface area contributed by atoms with Crippen LogP contribution in [0.25, 0.3) is 5.65 Å². The lowest BCUT2D eigenvalue weighted by Crippen LogP contribution is -2.40. The Bertz CT molecular complexity index is 1330. The lowest BCUT2D eigenvalue weighted by Gasteiger charge is -2.24. The number of halogens is 1. The van der Waals surface area contributed by atoms with Gasteiger partial charge >= 0.3 is 0 Å². The SMILES string of the molecule is CO[C@H]1C[C@@H](C(=O)Nc2ccc(F)nc2)N(c2nc(Nc3cn(C(C)C)cn3)n3cccc3n2)C1. The summed E-state index contributed by atoms with van der Waals surface area (Å²) < 4.78 is 22.5. The zero-order valence-corrected chi connectivity index (χ0v) is 19.6. The smallest absolute Gasteiger partial charge is 0.247 e. The molecule has 0 unspecified atom stereocenters. The number of fused-ring (bicyclic) bond motifs is 1. The van der Waals surface area contributed by atoms with Crippen molar-refractivity contribution in [2.45, 2.75) is 38.5 Å². The molecular formula is C23H26FN9O2. The molecule has 1 saturated heterocycles. The van der Waals surface area contributed by atoms with Gasteiger partial charge in [0, 0.05) is 38.5 Å². The van der Waals surface area contributed by atoms with E-state index in [1.807, 2.05) is 38.4 Å². The van der Waals surface area contributed by atoms with Gasteiger partial charge < -0.3 is 24.8 Å². The Morgan fingerprint density at radius 3 is 2.80 bits per heavy atom. The van der Waals surface area contributed by atoms with E-state index < -0.39 is 12.0 Å². The third-order valence-electron chi connectivity index (χ3n) is 5.96. The van der Waals surface area contributed by atoms with Gasteiger partial charge in [-0.15, -0.1) is 0 Å². The molecule has 0 aromatic carbocycles. The molecule has 5 rings (SSSR count). The minimum Gasteiger partial charge on any atom is -0.380 e. The van der Waals surface area contributed by atoms with Crippen molar-refractivity contribution in [2.75, 3.05) is 29.2 Å². The van der Waals surface area contributed by atoms with E-state index in [0.717, 1.165) is 0 Å². The van der Waals surface area contributed by atoms with Crippen LogP contribution < -0.4 is 15.5 Å². The van der Waals surface area contributed by atoms with Crippen LogP contribution in [0.15, 0.2) is 49.2 Å². The van der Waals surface area contributed by atoms with Crippen molar-refractivity contribution in [2.24, 2.45) is 0 Å². The number of amides is 1. The predicted molar refractivity (Wildman–Crippen MR) is 128 cm³/mol. The molecule has 0 spiro atoms. The minimum absolute atomic E-state index is 0.179. The average Bonchev–Trinajstić information content (AvgIpc) is 3.59. The van der Waals surface area contributed by atoms with Crippen LogP contribution in [0.3, 0.4) is 0 Å². The first-order valence-corrected chi connectivity index (χ1v) is 11.3.